The van der Waals surface area contributed by atoms with Crippen LogP contribution in [0.25, 0.3) is 16.5 Å². The van der Waals surface area contributed by atoms with Gasteiger partial charge in [0.05, 0.1) is 17.1 Å². The van der Waals surface area contributed by atoms with E-state index < -0.39 is 11.6 Å². The Morgan fingerprint density at radius 3 is 2.89 bits per heavy atom. The van der Waals surface area contributed by atoms with Crippen LogP contribution in [0.2, 0.25) is 0 Å². The fourth-order valence-corrected chi connectivity index (χ4v) is 4.32. The van der Waals surface area contributed by atoms with Crippen LogP contribution in [0.4, 0.5) is 0 Å². The van der Waals surface area contributed by atoms with E-state index in [1.165, 1.54) is 0 Å². The molecule has 0 saturated carbocycles. The number of aromatic nitrogens is 1. The summed E-state index contributed by atoms with van der Waals surface area (Å²) in [5.74, 6) is -1.05. The molecule has 6 nitrogen and oxygen atoms in total. The predicted molar refractivity (Wildman–Crippen MR) is 96.8 cm³/mol. The highest BCUT2D eigenvalue weighted by Crippen LogP contribution is 2.46. The normalized spacial score (nSPS) is 26.4. The monoisotopic (exact) mass is 363 g/mol. The molecule has 0 fully saturated rings. The van der Waals surface area contributed by atoms with Gasteiger partial charge in [-0.15, -0.1) is 0 Å². The number of aliphatic hydroxyl groups is 1. The Hall–Kier alpha value is -2.99. The molecule has 2 aromatic rings. The van der Waals surface area contributed by atoms with Crippen molar-refractivity contribution in [2.75, 3.05) is 6.61 Å². The van der Waals surface area contributed by atoms with E-state index in [4.69, 9.17) is 9.72 Å². The number of nitrogens with zero attached hydrogens (tertiary/aromatic N) is 1. The van der Waals surface area contributed by atoms with Gasteiger partial charge >= 0.3 is 5.97 Å². The lowest BCUT2D eigenvalue weighted by Gasteiger charge is -2.35. The number of ketones is 1. The van der Waals surface area contributed by atoms with Gasteiger partial charge in [0.2, 0.25) is 0 Å². The van der Waals surface area contributed by atoms with Crippen molar-refractivity contribution in [1.82, 2.24) is 4.98 Å². The second-order valence-electron chi connectivity index (χ2n) is 7.28. The zero-order valence-electron chi connectivity index (χ0n) is 14.7. The molecule has 0 saturated heterocycles. The molecule has 3 aliphatic rings. The second kappa shape index (κ2) is 5.27. The van der Waals surface area contributed by atoms with Crippen LogP contribution in [0.1, 0.15) is 24.6 Å². The van der Waals surface area contributed by atoms with E-state index >= 15 is 0 Å². The maximum Gasteiger partial charge on any atom is 0.343 e. The number of esters is 1. The maximum atomic E-state index is 13.1. The number of cyclic esters (lactones) is 1. The maximum absolute atomic E-state index is 13.1. The molecule has 1 aromatic heterocycles. The van der Waals surface area contributed by atoms with Crippen LogP contribution in [-0.2, 0) is 20.7 Å². The van der Waals surface area contributed by atoms with Crippen LogP contribution in [-0.4, -0.2) is 39.2 Å². The van der Waals surface area contributed by atoms with E-state index in [1.54, 1.807) is 31.2 Å². The lowest BCUT2D eigenvalue weighted by atomic mass is 9.75. The third-order valence-electron chi connectivity index (χ3n) is 5.83. The summed E-state index contributed by atoms with van der Waals surface area (Å²) >= 11 is 0. The van der Waals surface area contributed by atoms with E-state index in [-0.39, 0.29) is 30.5 Å². The molecule has 136 valence electrons. The van der Waals surface area contributed by atoms with Crippen molar-refractivity contribution in [2.24, 2.45) is 5.92 Å². The molecular weight excluding hydrogens is 346 g/mol. The summed E-state index contributed by atoms with van der Waals surface area (Å²) in [6.45, 7) is 1.59. The minimum atomic E-state index is -1.80. The number of rotatable bonds is 1. The Kier molecular flexibility index (Phi) is 3.16. The molecule has 27 heavy (non-hydrogen) atoms. The van der Waals surface area contributed by atoms with E-state index in [0.717, 1.165) is 22.2 Å². The van der Waals surface area contributed by atoms with Crippen molar-refractivity contribution >= 4 is 28.2 Å². The minimum absolute atomic E-state index is 0.102. The number of hydrogen-bond acceptors (Lipinski definition) is 6. The molecule has 6 heteroatoms. The first kappa shape index (κ1) is 16.2. The number of Topliss-reactive ketones (excluding diaryl/α,β-unsaturated/α-hetero) is 1. The van der Waals surface area contributed by atoms with Crippen LogP contribution >= 0.6 is 0 Å². The van der Waals surface area contributed by atoms with Crippen molar-refractivity contribution in [2.45, 2.75) is 25.4 Å². The third kappa shape index (κ3) is 2.07. The van der Waals surface area contributed by atoms with Crippen LogP contribution < -0.4 is 0 Å². The summed E-state index contributed by atoms with van der Waals surface area (Å²) in [5, 5.41) is 21.4. The average Bonchev–Trinajstić information content (AvgIpc) is 3.01. The number of benzene rings is 1. The summed E-state index contributed by atoms with van der Waals surface area (Å²) in [7, 11) is 0. The fraction of sp³-hybridized carbons (Fsp3) is 0.286. The number of phenols is 1. The van der Waals surface area contributed by atoms with Gasteiger partial charge in [0.15, 0.2) is 11.4 Å². The molecule has 0 amide bonds. The minimum Gasteiger partial charge on any atom is -0.508 e. The summed E-state index contributed by atoms with van der Waals surface area (Å²) in [6.07, 6.45) is 2.40. The first-order valence-corrected chi connectivity index (χ1v) is 8.94. The molecule has 1 aliphatic heterocycles. The molecular formula is C21H17NO5. The van der Waals surface area contributed by atoms with Gasteiger partial charge in [0.1, 0.15) is 12.4 Å². The quantitative estimate of drug-likeness (QED) is 0.753. The Bertz CT molecular complexity index is 1110. The molecule has 2 N–H and O–H groups in total. The van der Waals surface area contributed by atoms with Gasteiger partial charge in [0.25, 0.3) is 0 Å². The van der Waals surface area contributed by atoms with E-state index in [0.29, 0.717) is 23.1 Å². The topological polar surface area (TPSA) is 96.7 Å². The Labute approximate surface area is 154 Å². The largest absolute Gasteiger partial charge is 0.508 e. The van der Waals surface area contributed by atoms with Gasteiger partial charge < -0.3 is 14.9 Å². The smallest absolute Gasteiger partial charge is 0.343 e. The van der Waals surface area contributed by atoms with Gasteiger partial charge in [-0.2, -0.15) is 0 Å². The summed E-state index contributed by atoms with van der Waals surface area (Å²) in [4.78, 5) is 30.0. The first-order valence-electron chi connectivity index (χ1n) is 8.94. The lowest BCUT2D eigenvalue weighted by Crippen LogP contribution is -2.48. The van der Waals surface area contributed by atoms with Gasteiger partial charge in [-0.25, -0.2) is 9.78 Å². The zero-order valence-corrected chi connectivity index (χ0v) is 14.7. The van der Waals surface area contributed by atoms with Crippen LogP contribution in [0.5, 0.6) is 5.75 Å². The highest BCUT2D eigenvalue weighted by Gasteiger charge is 2.50. The van der Waals surface area contributed by atoms with E-state index in [2.05, 4.69) is 0 Å². The number of pyridine rings is 1. The molecule has 0 bridgehead atoms. The number of aromatic hydroxyl groups is 1. The van der Waals surface area contributed by atoms with E-state index in [9.17, 15) is 19.8 Å². The third-order valence-corrected chi connectivity index (χ3v) is 5.83. The SMILES string of the molecule is CC[C@@]1(O)C(=O)OCC2=C1C=C1c3nc4ccc(O)cc4cc3CC1C2=O. The molecule has 1 aromatic carbocycles. The lowest BCUT2D eigenvalue weighted by molar-refractivity contribution is -0.163. The molecule has 2 aliphatic carbocycles. The van der Waals surface area contributed by atoms with Gasteiger partial charge in [-0.05, 0) is 54.3 Å². The number of fused-ring (bicyclic) bond motifs is 4. The van der Waals surface area contributed by atoms with Gasteiger partial charge in [-0.3, -0.25) is 4.79 Å². The second-order valence-corrected chi connectivity index (χ2v) is 7.28. The van der Waals surface area contributed by atoms with Crippen molar-refractivity contribution in [3.63, 3.8) is 0 Å². The summed E-state index contributed by atoms with van der Waals surface area (Å²) in [6, 6.07) is 6.89. The summed E-state index contributed by atoms with van der Waals surface area (Å²) in [5.41, 5.74) is 2.02. The molecule has 0 spiro atoms. The standard InChI is InChI=1S/C21H17NO5/c1-2-21(26)16-8-13-14(19(24)15(16)9-27-20(21)25)7-11-5-10-6-12(23)3-4-17(10)22-18(11)13/h3-6,8,14,23,26H,2,7,9H2,1H3/t14?,21-/m0/s1. The number of carbonyl (C=O) groups is 2. The Morgan fingerprint density at radius 2 is 2.11 bits per heavy atom. The van der Waals surface area contributed by atoms with Crippen LogP contribution in [0, 0.1) is 5.92 Å². The predicted octanol–water partition coefficient (Wildman–Crippen LogP) is 2.07. The van der Waals surface area contributed by atoms with Crippen molar-refractivity contribution < 1.29 is 24.5 Å². The first-order chi connectivity index (χ1) is 12.9. The highest BCUT2D eigenvalue weighted by atomic mass is 16.6. The van der Waals surface area contributed by atoms with Crippen LogP contribution in [0.15, 0.2) is 41.5 Å². The molecule has 5 rings (SSSR count). The molecule has 2 atom stereocenters. The number of hydrogen-bond donors (Lipinski definition) is 2. The van der Waals surface area contributed by atoms with Crippen molar-refractivity contribution in [3.05, 3.63) is 52.7 Å². The average molecular weight is 363 g/mol. The van der Waals surface area contributed by atoms with Crippen molar-refractivity contribution in [1.29, 1.82) is 0 Å². The number of phenolic OH excluding ortho intramolecular Hbond substituents is 1. The zero-order chi connectivity index (χ0) is 18.9. The fourth-order valence-electron chi connectivity index (χ4n) is 4.32. The summed E-state index contributed by atoms with van der Waals surface area (Å²) < 4.78 is 5.09. The molecule has 0 radical (unpaired) electrons. The highest BCUT2D eigenvalue weighted by molar-refractivity contribution is 6.12. The Morgan fingerprint density at radius 1 is 1.30 bits per heavy atom. The van der Waals surface area contributed by atoms with Gasteiger partial charge in [0, 0.05) is 16.5 Å². The number of carbonyl (C=O) groups excluding carboxylic acids is 2. The van der Waals surface area contributed by atoms with E-state index in [1.807, 2.05) is 6.07 Å². The Balaban J connectivity index is 1.72. The van der Waals surface area contributed by atoms with Crippen molar-refractivity contribution in [3.8, 4) is 5.75 Å². The molecule has 2 heterocycles. The van der Waals surface area contributed by atoms with Gasteiger partial charge in [-0.1, -0.05) is 6.92 Å². The number of allylic oxidation sites excluding steroid dienone is 1. The molecule has 1 unspecified atom stereocenters. The number of ether oxygens (including phenoxy) is 1. The van der Waals surface area contributed by atoms with Crippen LogP contribution in [0.3, 0.4) is 0 Å².